The second-order valence-corrected chi connectivity index (χ2v) is 5.54. The van der Waals surface area contributed by atoms with E-state index in [-0.39, 0.29) is 12.1 Å². The number of aliphatic hydroxyl groups is 1. The van der Waals surface area contributed by atoms with Gasteiger partial charge in [0.1, 0.15) is 5.54 Å². The fourth-order valence-corrected chi connectivity index (χ4v) is 2.80. The number of hydrogen-bond donors (Lipinski definition) is 2. The van der Waals surface area contributed by atoms with Crippen LogP contribution in [0.15, 0.2) is 0 Å². The highest BCUT2D eigenvalue weighted by molar-refractivity contribution is 7.99. The second-order valence-electron chi connectivity index (χ2n) is 4.43. The van der Waals surface area contributed by atoms with Crippen LogP contribution < -0.4 is 5.32 Å². The number of hydrogen-bond acceptors (Lipinski definition) is 4. The van der Waals surface area contributed by atoms with Gasteiger partial charge in [-0.1, -0.05) is 0 Å². The molecule has 2 N–H and O–H groups in total. The molecule has 1 aliphatic carbocycles. The summed E-state index contributed by atoms with van der Waals surface area (Å²) in [5, 5.41) is 21.5. The SMILES string of the molecule is CC(C)NC(C#N)(CSCCO)C1CC1. The lowest BCUT2D eigenvalue weighted by Crippen LogP contribution is -2.51. The Labute approximate surface area is 96.2 Å². The summed E-state index contributed by atoms with van der Waals surface area (Å²) >= 11 is 1.66. The fraction of sp³-hybridized carbons (Fsp3) is 0.909. The third-order valence-corrected chi connectivity index (χ3v) is 3.72. The summed E-state index contributed by atoms with van der Waals surface area (Å²) in [5.41, 5.74) is -0.367. The first-order valence-electron chi connectivity index (χ1n) is 5.52. The van der Waals surface area contributed by atoms with Crippen LogP contribution in [0.1, 0.15) is 26.7 Å². The molecule has 4 heteroatoms. The van der Waals surface area contributed by atoms with Crippen molar-refractivity contribution in [3.05, 3.63) is 0 Å². The quantitative estimate of drug-likeness (QED) is 0.646. The lowest BCUT2D eigenvalue weighted by Gasteiger charge is -2.30. The maximum absolute atomic E-state index is 9.35. The summed E-state index contributed by atoms with van der Waals surface area (Å²) in [4.78, 5) is 0. The van der Waals surface area contributed by atoms with Crippen molar-refractivity contribution < 1.29 is 5.11 Å². The molecule has 1 atom stereocenters. The standard InChI is InChI=1S/C11H20N2OS/c1-9(2)13-11(7-12,10-3-4-10)8-15-6-5-14/h9-10,13-14H,3-6,8H2,1-2H3. The van der Waals surface area contributed by atoms with Crippen LogP contribution in [0.25, 0.3) is 0 Å². The van der Waals surface area contributed by atoms with Crippen LogP contribution in [-0.2, 0) is 0 Å². The van der Waals surface area contributed by atoms with E-state index in [0.29, 0.717) is 12.0 Å². The molecule has 0 heterocycles. The van der Waals surface area contributed by atoms with Crippen molar-refractivity contribution in [2.75, 3.05) is 18.1 Å². The molecule has 3 nitrogen and oxygen atoms in total. The van der Waals surface area contributed by atoms with Gasteiger partial charge in [0.25, 0.3) is 0 Å². The summed E-state index contributed by atoms with van der Waals surface area (Å²) in [6, 6.07) is 2.79. The normalized spacial score (nSPS) is 19.9. The summed E-state index contributed by atoms with van der Waals surface area (Å²) in [6.45, 7) is 4.34. The van der Waals surface area contributed by atoms with Crippen LogP contribution >= 0.6 is 11.8 Å². The molecule has 1 rings (SSSR count). The minimum absolute atomic E-state index is 0.193. The Morgan fingerprint density at radius 1 is 1.60 bits per heavy atom. The van der Waals surface area contributed by atoms with Gasteiger partial charge in [0.15, 0.2) is 0 Å². The third-order valence-electron chi connectivity index (χ3n) is 2.59. The van der Waals surface area contributed by atoms with Crippen LogP contribution in [0, 0.1) is 17.2 Å². The molecule has 0 bridgehead atoms. The lowest BCUT2D eigenvalue weighted by molar-refractivity contribution is 0.322. The first kappa shape index (κ1) is 12.8. The highest BCUT2D eigenvalue weighted by atomic mass is 32.2. The number of rotatable bonds is 7. The van der Waals surface area contributed by atoms with Crippen molar-refractivity contribution in [1.82, 2.24) is 5.32 Å². The van der Waals surface area contributed by atoms with Crippen LogP contribution in [0.3, 0.4) is 0 Å². The summed E-state index contributed by atoms with van der Waals surface area (Å²) < 4.78 is 0. The van der Waals surface area contributed by atoms with Gasteiger partial charge in [-0.3, -0.25) is 5.32 Å². The Kier molecular flexibility index (Phi) is 4.91. The number of nitriles is 1. The molecule has 1 saturated carbocycles. The van der Waals surface area contributed by atoms with E-state index in [1.807, 2.05) is 0 Å². The van der Waals surface area contributed by atoms with Crippen LogP contribution in [-0.4, -0.2) is 34.8 Å². The van der Waals surface area contributed by atoms with Crippen molar-refractivity contribution in [2.45, 2.75) is 38.3 Å². The Hall–Kier alpha value is -0.240. The van der Waals surface area contributed by atoms with E-state index in [2.05, 4.69) is 25.2 Å². The number of thioether (sulfide) groups is 1. The van der Waals surface area contributed by atoms with Gasteiger partial charge in [-0.2, -0.15) is 17.0 Å². The molecule has 0 aromatic heterocycles. The molecule has 0 aromatic carbocycles. The van der Waals surface area contributed by atoms with E-state index in [1.165, 1.54) is 0 Å². The van der Waals surface area contributed by atoms with Gasteiger partial charge in [-0.15, -0.1) is 0 Å². The van der Waals surface area contributed by atoms with E-state index in [0.717, 1.165) is 24.3 Å². The van der Waals surface area contributed by atoms with Crippen LogP contribution in [0.4, 0.5) is 0 Å². The van der Waals surface area contributed by atoms with Crippen molar-refractivity contribution in [3.63, 3.8) is 0 Å². The summed E-state index contributed by atoms with van der Waals surface area (Å²) in [6.07, 6.45) is 2.32. The molecule has 0 aliphatic heterocycles. The van der Waals surface area contributed by atoms with Gasteiger partial charge in [0, 0.05) is 17.5 Å². The molecule has 1 fully saturated rings. The molecular weight excluding hydrogens is 208 g/mol. The molecule has 1 aliphatic rings. The largest absolute Gasteiger partial charge is 0.396 e. The third kappa shape index (κ3) is 3.67. The van der Waals surface area contributed by atoms with Gasteiger partial charge in [-0.05, 0) is 32.6 Å². The van der Waals surface area contributed by atoms with E-state index in [9.17, 15) is 5.26 Å². The molecule has 0 spiro atoms. The van der Waals surface area contributed by atoms with Crippen LogP contribution in [0.2, 0.25) is 0 Å². The van der Waals surface area contributed by atoms with E-state index < -0.39 is 0 Å². The Morgan fingerprint density at radius 2 is 2.27 bits per heavy atom. The van der Waals surface area contributed by atoms with Crippen molar-refractivity contribution in [3.8, 4) is 6.07 Å². The van der Waals surface area contributed by atoms with E-state index in [4.69, 9.17) is 5.11 Å². The Balaban J connectivity index is 2.54. The zero-order valence-corrected chi connectivity index (χ0v) is 10.3. The Morgan fingerprint density at radius 3 is 2.67 bits per heavy atom. The topological polar surface area (TPSA) is 56.0 Å². The lowest BCUT2D eigenvalue weighted by atomic mass is 9.96. The zero-order chi connectivity index (χ0) is 11.3. The monoisotopic (exact) mass is 228 g/mol. The summed E-state index contributed by atoms with van der Waals surface area (Å²) in [5.74, 6) is 2.01. The number of nitrogens with zero attached hydrogens (tertiary/aromatic N) is 1. The fourth-order valence-electron chi connectivity index (χ4n) is 1.82. The van der Waals surface area contributed by atoms with Crippen molar-refractivity contribution in [1.29, 1.82) is 5.26 Å². The van der Waals surface area contributed by atoms with Gasteiger partial charge >= 0.3 is 0 Å². The predicted molar refractivity (Wildman–Crippen MR) is 63.8 cm³/mol. The Bertz CT molecular complexity index is 235. The maximum Gasteiger partial charge on any atom is 0.118 e. The predicted octanol–water partition coefficient (Wildman–Crippen LogP) is 1.38. The molecular formula is C11H20N2OS. The smallest absolute Gasteiger partial charge is 0.118 e. The van der Waals surface area contributed by atoms with E-state index >= 15 is 0 Å². The molecule has 0 saturated heterocycles. The maximum atomic E-state index is 9.35. The molecule has 0 aromatic rings. The van der Waals surface area contributed by atoms with Gasteiger partial charge in [0.05, 0.1) is 12.7 Å². The van der Waals surface area contributed by atoms with Crippen molar-refractivity contribution >= 4 is 11.8 Å². The molecule has 0 amide bonds. The zero-order valence-electron chi connectivity index (χ0n) is 9.49. The minimum atomic E-state index is -0.367. The van der Waals surface area contributed by atoms with E-state index in [1.54, 1.807) is 11.8 Å². The number of nitrogens with one attached hydrogen (secondary N) is 1. The minimum Gasteiger partial charge on any atom is -0.396 e. The van der Waals surface area contributed by atoms with Gasteiger partial charge in [0.2, 0.25) is 0 Å². The molecule has 0 radical (unpaired) electrons. The second kappa shape index (κ2) is 5.74. The first-order chi connectivity index (χ1) is 7.14. The first-order valence-corrected chi connectivity index (χ1v) is 6.67. The highest BCUT2D eigenvalue weighted by Crippen LogP contribution is 2.41. The highest BCUT2D eigenvalue weighted by Gasteiger charge is 2.45. The van der Waals surface area contributed by atoms with Gasteiger partial charge < -0.3 is 5.11 Å². The summed E-state index contributed by atoms with van der Waals surface area (Å²) in [7, 11) is 0. The number of aliphatic hydroxyl groups excluding tert-OH is 1. The van der Waals surface area contributed by atoms with Gasteiger partial charge in [-0.25, -0.2) is 0 Å². The average molecular weight is 228 g/mol. The average Bonchev–Trinajstić information content (AvgIpc) is 2.99. The van der Waals surface area contributed by atoms with Crippen LogP contribution in [0.5, 0.6) is 0 Å². The molecule has 1 unspecified atom stereocenters. The molecule has 86 valence electrons. The van der Waals surface area contributed by atoms with Crippen molar-refractivity contribution in [2.24, 2.45) is 5.92 Å². The molecule has 15 heavy (non-hydrogen) atoms.